The average Bonchev–Trinajstić information content (AvgIpc) is 2.45. The van der Waals surface area contributed by atoms with Crippen molar-refractivity contribution < 1.29 is 90.5 Å². The van der Waals surface area contributed by atoms with E-state index in [1.165, 1.54) is 0 Å². The minimum atomic E-state index is -5.78. The van der Waals surface area contributed by atoms with Crippen LogP contribution in [0.25, 0.3) is 0 Å². The van der Waals surface area contributed by atoms with E-state index in [9.17, 15) is 42.1 Å². The van der Waals surface area contributed by atoms with Crippen LogP contribution in [0.2, 0.25) is 0 Å². The van der Waals surface area contributed by atoms with E-state index in [2.05, 4.69) is 25.7 Å². The van der Waals surface area contributed by atoms with E-state index in [4.69, 9.17) is 22.8 Å². The third-order valence-corrected chi connectivity index (χ3v) is 5.15. The summed E-state index contributed by atoms with van der Waals surface area (Å²) in [4.78, 5) is 0. The Hall–Kier alpha value is -0.690. The van der Waals surface area contributed by atoms with E-state index in [0.717, 1.165) is 0 Å². The molecule has 0 spiro atoms. The molecule has 5 atom stereocenters. The molecule has 1 heterocycles. The molecule has 1 saturated heterocycles. The Morgan fingerprint density at radius 3 is 1.28 bits per heavy atom. The van der Waals surface area contributed by atoms with Crippen LogP contribution in [-0.4, -0.2) is 102 Å². The van der Waals surface area contributed by atoms with Gasteiger partial charge in [0.1, 0.15) is 18.3 Å². The van der Waals surface area contributed by atoms with E-state index in [-0.39, 0.29) is 0 Å². The zero-order valence-corrected chi connectivity index (χ0v) is 18.5. The Kier molecular flexibility index (Phi) is 9.07. The lowest BCUT2D eigenvalue weighted by atomic mass is 9.99. The normalized spacial score (nSPS) is 28.5. The van der Waals surface area contributed by atoms with Crippen molar-refractivity contribution in [1.82, 2.24) is 0 Å². The van der Waals surface area contributed by atoms with Crippen molar-refractivity contribution in [2.75, 3.05) is 6.61 Å². The molecule has 0 aromatic rings. The Morgan fingerprint density at radius 1 is 0.531 bits per heavy atom. The van der Waals surface area contributed by atoms with Crippen LogP contribution >= 0.6 is 0 Å². The molecule has 21 nitrogen and oxygen atoms in total. The van der Waals surface area contributed by atoms with Gasteiger partial charge in [0, 0.05) is 0 Å². The highest BCUT2D eigenvalue weighted by molar-refractivity contribution is 7.82. The fraction of sp³-hybridized carbons (Fsp3) is 1.00. The summed E-state index contributed by atoms with van der Waals surface area (Å²) in [5, 5.41) is 0. The maximum absolute atomic E-state index is 11.1. The first-order valence-electron chi connectivity index (χ1n) is 6.86. The maximum atomic E-state index is 11.1. The predicted molar refractivity (Wildman–Crippen MR) is 88.1 cm³/mol. The fourth-order valence-corrected chi connectivity index (χ4v) is 4.31. The standard InChI is InChI=1S/C6H12O21S5/c7-28(8,9)22-1-2-3(24-29(10,11)12)4(25-30(13,14)15)5(26-31(16,17)18)6(23-2)27-32(19,20)21/h2-6H,1H2,(H,7,8,9)(H,10,11,12)(H,13,14,15)(H,16,17,18)(H,19,20,21)/t2-,3-,4+,5+,6?/m1/s1. The molecule has 0 amide bonds. The highest BCUT2D eigenvalue weighted by Crippen LogP contribution is 2.32. The molecule has 1 rings (SSSR count). The molecule has 0 aromatic heterocycles. The Labute approximate surface area is 179 Å². The van der Waals surface area contributed by atoms with Gasteiger partial charge in [-0.2, -0.15) is 42.1 Å². The van der Waals surface area contributed by atoms with Gasteiger partial charge < -0.3 is 4.74 Å². The topological polar surface area (TPSA) is 327 Å². The molecule has 1 aliphatic heterocycles. The number of hydrogen-bond donors (Lipinski definition) is 5. The summed E-state index contributed by atoms with van der Waals surface area (Å²) in [7, 11) is -28.3. The van der Waals surface area contributed by atoms with Crippen molar-refractivity contribution in [2.45, 2.75) is 30.7 Å². The third-order valence-electron chi connectivity index (χ3n) is 2.89. The first-order valence-corrected chi connectivity index (χ1v) is 13.7. The second kappa shape index (κ2) is 9.89. The zero-order valence-electron chi connectivity index (χ0n) is 14.4. The minimum Gasteiger partial charge on any atom is -0.340 e. The van der Waals surface area contributed by atoms with Crippen LogP contribution in [0.4, 0.5) is 0 Å². The molecule has 0 radical (unpaired) electrons. The highest BCUT2D eigenvalue weighted by Gasteiger charge is 2.55. The second-order valence-corrected chi connectivity index (χ2v) is 10.5. The largest absolute Gasteiger partial charge is 0.399 e. The molecular formula is C6H12O21S5. The molecule has 5 N–H and O–H groups in total. The van der Waals surface area contributed by atoms with Gasteiger partial charge >= 0.3 is 52.0 Å². The van der Waals surface area contributed by atoms with Crippen molar-refractivity contribution in [1.29, 1.82) is 0 Å². The SMILES string of the molecule is O=S(=O)(O)OC[C@H]1OC(OS(=O)(=O)O)[C@@H](OS(=O)(=O)O)[C@@H](OS(=O)(=O)O)[C@@H]1OS(=O)(=O)O. The lowest BCUT2D eigenvalue weighted by molar-refractivity contribution is -0.261. The lowest BCUT2D eigenvalue weighted by Crippen LogP contribution is -2.63. The quantitative estimate of drug-likeness (QED) is 0.145. The van der Waals surface area contributed by atoms with Crippen LogP contribution in [0, 0.1) is 0 Å². The summed E-state index contributed by atoms with van der Waals surface area (Å²) in [6, 6.07) is 0. The molecule has 0 aromatic carbocycles. The van der Waals surface area contributed by atoms with E-state index in [1.807, 2.05) is 0 Å². The first-order chi connectivity index (χ1) is 14.0. The molecule has 0 saturated carbocycles. The fourth-order valence-electron chi connectivity index (χ4n) is 2.11. The highest BCUT2D eigenvalue weighted by atomic mass is 32.3. The van der Waals surface area contributed by atoms with E-state index >= 15 is 0 Å². The predicted octanol–water partition coefficient (Wildman–Crippen LogP) is -4.09. The van der Waals surface area contributed by atoms with Crippen LogP contribution in [0.15, 0.2) is 0 Å². The van der Waals surface area contributed by atoms with Crippen LogP contribution in [-0.2, 0) is 77.6 Å². The Balaban J connectivity index is 3.67. The maximum Gasteiger partial charge on any atom is 0.399 e. The molecular weight excluding hydrogens is 568 g/mol. The number of rotatable bonds is 11. The minimum absolute atomic E-state index is 1.62. The molecule has 192 valence electrons. The molecule has 1 fully saturated rings. The summed E-state index contributed by atoms with van der Waals surface area (Å²) >= 11 is 0. The van der Waals surface area contributed by atoms with Gasteiger partial charge in [0.25, 0.3) is 0 Å². The van der Waals surface area contributed by atoms with Crippen molar-refractivity contribution in [3.8, 4) is 0 Å². The summed E-state index contributed by atoms with van der Waals surface area (Å²) in [5.41, 5.74) is 0. The van der Waals surface area contributed by atoms with Crippen molar-refractivity contribution >= 4 is 52.0 Å². The first kappa shape index (κ1) is 29.3. The van der Waals surface area contributed by atoms with Gasteiger partial charge in [0.05, 0.1) is 6.61 Å². The van der Waals surface area contributed by atoms with Gasteiger partial charge in [-0.1, -0.05) is 0 Å². The van der Waals surface area contributed by atoms with Crippen molar-refractivity contribution in [2.24, 2.45) is 0 Å². The summed E-state index contributed by atoms with van der Waals surface area (Å²) in [5.74, 6) is 0. The molecule has 26 heteroatoms. The molecule has 0 bridgehead atoms. The van der Waals surface area contributed by atoms with Gasteiger partial charge in [-0.25, -0.2) is 20.9 Å². The Morgan fingerprint density at radius 2 is 0.906 bits per heavy atom. The van der Waals surface area contributed by atoms with Crippen molar-refractivity contribution in [3.05, 3.63) is 0 Å². The van der Waals surface area contributed by atoms with Crippen LogP contribution < -0.4 is 0 Å². The van der Waals surface area contributed by atoms with Crippen LogP contribution in [0.3, 0.4) is 0 Å². The second-order valence-electron chi connectivity index (χ2n) is 5.24. The van der Waals surface area contributed by atoms with Gasteiger partial charge in [-0.3, -0.25) is 22.8 Å². The number of ether oxygens (including phenoxy) is 1. The summed E-state index contributed by atoms with van der Waals surface area (Å²) < 4.78 is 178. The van der Waals surface area contributed by atoms with Gasteiger partial charge in [0.2, 0.25) is 6.29 Å². The van der Waals surface area contributed by atoms with E-state index in [0.29, 0.717) is 0 Å². The Bertz CT molecular complexity index is 1190. The monoisotopic (exact) mass is 580 g/mol. The van der Waals surface area contributed by atoms with E-state index in [1.54, 1.807) is 0 Å². The molecule has 1 unspecified atom stereocenters. The lowest BCUT2D eigenvalue weighted by Gasteiger charge is -2.42. The van der Waals surface area contributed by atoms with Crippen LogP contribution in [0.1, 0.15) is 0 Å². The van der Waals surface area contributed by atoms with E-state index < -0.39 is 89.3 Å². The summed E-state index contributed by atoms with van der Waals surface area (Å²) in [6.45, 7) is -1.62. The van der Waals surface area contributed by atoms with Crippen LogP contribution in [0.5, 0.6) is 0 Å². The third kappa shape index (κ3) is 11.4. The van der Waals surface area contributed by atoms with Gasteiger partial charge in [-0.05, 0) is 0 Å². The molecule has 1 aliphatic rings. The smallest absolute Gasteiger partial charge is 0.340 e. The molecule has 0 aliphatic carbocycles. The average molecular weight is 580 g/mol. The zero-order chi connectivity index (χ0) is 25.3. The summed E-state index contributed by atoms with van der Waals surface area (Å²) in [6.07, 6.45) is -14.2. The van der Waals surface area contributed by atoms with Gasteiger partial charge in [0.15, 0.2) is 6.10 Å². The van der Waals surface area contributed by atoms with Crippen molar-refractivity contribution in [3.63, 3.8) is 0 Å². The molecule has 32 heavy (non-hydrogen) atoms. The van der Waals surface area contributed by atoms with Gasteiger partial charge in [-0.15, -0.1) is 0 Å². The number of hydrogen-bond acceptors (Lipinski definition) is 16.